The molecular weight excluding hydrogens is 228 g/mol. The minimum absolute atomic E-state index is 0.239. The van der Waals surface area contributed by atoms with E-state index in [1.807, 2.05) is 18.2 Å². The monoisotopic (exact) mass is 246 g/mol. The molecular formula is C15H18O3. The molecule has 0 bridgehead atoms. The molecule has 1 aliphatic heterocycles. The van der Waals surface area contributed by atoms with E-state index < -0.39 is 0 Å². The summed E-state index contributed by atoms with van der Waals surface area (Å²) >= 11 is 0. The molecule has 1 heterocycles. The molecule has 3 rings (SSSR count). The molecule has 0 N–H and O–H groups in total. The third-order valence-electron chi connectivity index (χ3n) is 3.69. The molecule has 1 fully saturated rings. The average Bonchev–Trinajstić information content (AvgIpc) is 2.90. The zero-order chi connectivity index (χ0) is 12.4. The summed E-state index contributed by atoms with van der Waals surface area (Å²) in [6.45, 7) is 1.47. The standard InChI is InChI=1S/C15H18O3/c16-15-5-1-3-11-9-12(6-7-14(11)15)18-10-13-4-2-8-17-13/h6-7,9,13H,1-5,8,10H2. The molecule has 3 nitrogen and oxygen atoms in total. The molecule has 0 spiro atoms. The molecule has 96 valence electrons. The number of hydrogen-bond donors (Lipinski definition) is 0. The predicted molar refractivity (Wildman–Crippen MR) is 68.2 cm³/mol. The third kappa shape index (κ3) is 2.41. The van der Waals surface area contributed by atoms with Crippen LogP contribution in [-0.2, 0) is 11.2 Å². The number of hydrogen-bond acceptors (Lipinski definition) is 3. The van der Waals surface area contributed by atoms with Crippen LogP contribution in [-0.4, -0.2) is 25.1 Å². The highest BCUT2D eigenvalue weighted by Crippen LogP contribution is 2.26. The fourth-order valence-electron chi connectivity index (χ4n) is 2.68. The molecule has 18 heavy (non-hydrogen) atoms. The zero-order valence-corrected chi connectivity index (χ0v) is 10.5. The Bertz CT molecular complexity index is 447. The van der Waals surface area contributed by atoms with Gasteiger partial charge in [0.1, 0.15) is 12.4 Å². The molecule has 1 saturated heterocycles. The number of benzene rings is 1. The van der Waals surface area contributed by atoms with Crippen molar-refractivity contribution in [2.24, 2.45) is 0 Å². The summed E-state index contributed by atoms with van der Waals surface area (Å²) < 4.78 is 11.3. The molecule has 1 aromatic rings. The Morgan fingerprint density at radius 1 is 1.28 bits per heavy atom. The van der Waals surface area contributed by atoms with Gasteiger partial charge in [0.25, 0.3) is 0 Å². The summed E-state index contributed by atoms with van der Waals surface area (Å²) in [5, 5.41) is 0. The number of fused-ring (bicyclic) bond motifs is 1. The lowest BCUT2D eigenvalue weighted by Gasteiger charge is -2.17. The van der Waals surface area contributed by atoms with Crippen molar-refractivity contribution in [3.05, 3.63) is 29.3 Å². The summed E-state index contributed by atoms with van der Waals surface area (Å²) in [7, 11) is 0. The van der Waals surface area contributed by atoms with Gasteiger partial charge in [-0.15, -0.1) is 0 Å². The van der Waals surface area contributed by atoms with Crippen molar-refractivity contribution >= 4 is 5.78 Å². The molecule has 1 aromatic carbocycles. The predicted octanol–water partition coefficient (Wildman–Crippen LogP) is 2.76. The third-order valence-corrected chi connectivity index (χ3v) is 3.69. The van der Waals surface area contributed by atoms with E-state index in [0.29, 0.717) is 13.0 Å². The van der Waals surface area contributed by atoms with Gasteiger partial charge < -0.3 is 9.47 Å². The summed E-state index contributed by atoms with van der Waals surface area (Å²) in [5.41, 5.74) is 2.02. The minimum atomic E-state index is 0.239. The minimum Gasteiger partial charge on any atom is -0.491 e. The van der Waals surface area contributed by atoms with Gasteiger partial charge in [0.2, 0.25) is 0 Å². The van der Waals surface area contributed by atoms with Crippen LogP contribution >= 0.6 is 0 Å². The molecule has 0 aromatic heterocycles. The molecule has 0 amide bonds. The first-order valence-corrected chi connectivity index (χ1v) is 6.73. The van der Waals surface area contributed by atoms with Crippen molar-refractivity contribution in [3.8, 4) is 5.75 Å². The van der Waals surface area contributed by atoms with Gasteiger partial charge in [-0.25, -0.2) is 0 Å². The van der Waals surface area contributed by atoms with Gasteiger partial charge in [0.15, 0.2) is 5.78 Å². The van der Waals surface area contributed by atoms with E-state index in [9.17, 15) is 4.79 Å². The lowest BCUT2D eigenvalue weighted by Crippen LogP contribution is -2.17. The number of Topliss-reactive ketones (excluding diaryl/α,β-unsaturated/α-hetero) is 1. The van der Waals surface area contributed by atoms with Crippen LogP contribution in [0.5, 0.6) is 5.75 Å². The van der Waals surface area contributed by atoms with Crippen LogP contribution in [0.15, 0.2) is 18.2 Å². The van der Waals surface area contributed by atoms with Crippen molar-refractivity contribution in [1.82, 2.24) is 0 Å². The average molecular weight is 246 g/mol. The Labute approximate surface area is 107 Å². The van der Waals surface area contributed by atoms with Gasteiger partial charge >= 0.3 is 0 Å². The van der Waals surface area contributed by atoms with Crippen LogP contribution in [0.3, 0.4) is 0 Å². The van der Waals surface area contributed by atoms with Gasteiger partial charge in [0, 0.05) is 18.6 Å². The van der Waals surface area contributed by atoms with Crippen molar-refractivity contribution in [1.29, 1.82) is 0 Å². The van der Waals surface area contributed by atoms with Gasteiger partial charge in [-0.2, -0.15) is 0 Å². The Kier molecular flexibility index (Phi) is 3.33. The number of carbonyl (C=O) groups excluding carboxylic acids is 1. The second-order valence-electron chi connectivity index (χ2n) is 5.04. The van der Waals surface area contributed by atoms with Crippen LogP contribution in [0.2, 0.25) is 0 Å². The Hall–Kier alpha value is -1.35. The Morgan fingerprint density at radius 2 is 2.22 bits per heavy atom. The van der Waals surface area contributed by atoms with Crippen LogP contribution in [0.1, 0.15) is 41.6 Å². The van der Waals surface area contributed by atoms with E-state index in [1.54, 1.807) is 0 Å². The van der Waals surface area contributed by atoms with E-state index in [4.69, 9.17) is 9.47 Å². The summed E-state index contributed by atoms with van der Waals surface area (Å²) in [6.07, 6.45) is 5.08. The number of rotatable bonds is 3. The smallest absolute Gasteiger partial charge is 0.163 e. The Balaban J connectivity index is 1.67. The normalized spacial score (nSPS) is 22.9. The summed E-state index contributed by atoms with van der Waals surface area (Å²) in [5.74, 6) is 1.13. The first-order chi connectivity index (χ1) is 8.83. The number of ether oxygens (including phenoxy) is 2. The van der Waals surface area contributed by atoms with E-state index in [1.165, 1.54) is 0 Å². The van der Waals surface area contributed by atoms with E-state index in [0.717, 1.165) is 49.2 Å². The first kappa shape index (κ1) is 11.7. The number of aryl methyl sites for hydroxylation is 1. The van der Waals surface area contributed by atoms with Gasteiger partial charge in [-0.05, 0) is 49.4 Å². The molecule has 2 aliphatic rings. The summed E-state index contributed by atoms with van der Waals surface area (Å²) in [4.78, 5) is 11.7. The number of ketones is 1. The highest BCUT2D eigenvalue weighted by Gasteiger charge is 2.19. The fraction of sp³-hybridized carbons (Fsp3) is 0.533. The highest BCUT2D eigenvalue weighted by molar-refractivity contribution is 5.98. The van der Waals surface area contributed by atoms with Gasteiger partial charge in [-0.3, -0.25) is 4.79 Å². The Morgan fingerprint density at radius 3 is 3.06 bits per heavy atom. The van der Waals surface area contributed by atoms with E-state index >= 15 is 0 Å². The van der Waals surface area contributed by atoms with Gasteiger partial charge in [0.05, 0.1) is 6.10 Å². The van der Waals surface area contributed by atoms with Crippen LogP contribution in [0.25, 0.3) is 0 Å². The van der Waals surface area contributed by atoms with Crippen molar-refractivity contribution in [2.75, 3.05) is 13.2 Å². The zero-order valence-electron chi connectivity index (χ0n) is 10.5. The van der Waals surface area contributed by atoms with Crippen molar-refractivity contribution in [3.63, 3.8) is 0 Å². The second kappa shape index (κ2) is 5.11. The largest absolute Gasteiger partial charge is 0.491 e. The second-order valence-corrected chi connectivity index (χ2v) is 5.04. The molecule has 3 heteroatoms. The molecule has 0 saturated carbocycles. The molecule has 1 unspecified atom stereocenters. The molecule has 1 atom stereocenters. The maximum Gasteiger partial charge on any atom is 0.163 e. The topological polar surface area (TPSA) is 35.5 Å². The van der Waals surface area contributed by atoms with Crippen LogP contribution < -0.4 is 4.74 Å². The molecule has 1 aliphatic carbocycles. The lowest BCUT2D eigenvalue weighted by atomic mass is 9.90. The quantitative estimate of drug-likeness (QED) is 0.822. The van der Waals surface area contributed by atoms with E-state index in [-0.39, 0.29) is 11.9 Å². The van der Waals surface area contributed by atoms with Crippen LogP contribution in [0.4, 0.5) is 0 Å². The fourth-order valence-corrected chi connectivity index (χ4v) is 2.68. The van der Waals surface area contributed by atoms with Crippen LogP contribution in [0, 0.1) is 0 Å². The first-order valence-electron chi connectivity index (χ1n) is 6.73. The SMILES string of the molecule is O=C1CCCc2cc(OCC3CCCO3)ccc21. The maximum atomic E-state index is 11.7. The van der Waals surface area contributed by atoms with Crippen molar-refractivity contribution < 1.29 is 14.3 Å². The maximum absolute atomic E-state index is 11.7. The van der Waals surface area contributed by atoms with Gasteiger partial charge in [-0.1, -0.05) is 0 Å². The summed E-state index contributed by atoms with van der Waals surface area (Å²) in [6, 6.07) is 5.82. The molecule has 0 radical (unpaired) electrons. The number of carbonyl (C=O) groups is 1. The highest BCUT2D eigenvalue weighted by atomic mass is 16.5. The lowest BCUT2D eigenvalue weighted by molar-refractivity contribution is 0.0679. The van der Waals surface area contributed by atoms with Crippen molar-refractivity contribution in [2.45, 2.75) is 38.2 Å². The van der Waals surface area contributed by atoms with E-state index in [2.05, 4.69) is 0 Å².